The Balaban J connectivity index is 1.32. The lowest BCUT2D eigenvalue weighted by atomic mass is 9.93. The van der Waals surface area contributed by atoms with Crippen molar-refractivity contribution in [2.75, 3.05) is 16.0 Å². The Morgan fingerprint density at radius 1 is 0.551 bits per heavy atom. The van der Waals surface area contributed by atoms with Gasteiger partial charge in [0.25, 0.3) is 32.1 Å². The van der Waals surface area contributed by atoms with E-state index in [-0.39, 0.29) is 56.1 Å². The summed E-state index contributed by atoms with van der Waals surface area (Å²) in [5.41, 5.74) is 7.29. The number of amides is 2. The summed E-state index contributed by atoms with van der Waals surface area (Å²) in [5, 5.41) is 18.8. The summed E-state index contributed by atoms with van der Waals surface area (Å²) in [4.78, 5) is 42.0. The SMILES string of the molecule is Cc1cc(C)c(NC(=O)c2cccc(C(=O)O)c2)c(C)c1N=c1cc2oc3cc(Nc4c(C)cc(C)c(NC(=O)c5ccccc5)c4C)ccc3c(-c3ccccc3S(=O)(=O)O)c-2cc1S(=O)(=O)O. The van der Waals surface area contributed by atoms with E-state index < -0.39 is 41.9 Å². The van der Waals surface area contributed by atoms with Crippen molar-refractivity contribution in [3.63, 3.8) is 0 Å². The number of hydrogen-bond acceptors (Lipinski definition) is 10. The van der Waals surface area contributed by atoms with Crippen LogP contribution in [0.2, 0.25) is 0 Å². The number of rotatable bonds is 11. The molecule has 1 aliphatic heterocycles. The smallest absolute Gasteiger partial charge is 0.335 e. The standard InChI is InChI=1S/C52H44N4O11S2/c1-27-21-29(3)48(55-50(57)33-13-8-7-9-14-33)31(5)46(27)53-36-19-20-37-41(24-36)67-42-26-40(44(69(64,65)66)25-39(42)45(37)38-17-10-11-18-43(38)68(61,62)63)54-47-28(2)22-30(4)49(32(47)6)56-51(58)34-15-12-16-35(23-34)52(59)60/h7-26,53H,1-6H3,(H,55,57)(H,56,58)(H,59,60)(H,61,62,63)(H,64,65,66). The highest BCUT2D eigenvalue weighted by atomic mass is 32.2. The van der Waals surface area contributed by atoms with Gasteiger partial charge in [0.2, 0.25) is 0 Å². The van der Waals surface area contributed by atoms with Gasteiger partial charge in [0.15, 0.2) is 0 Å². The fourth-order valence-corrected chi connectivity index (χ4v) is 9.93. The quantitative estimate of drug-likeness (QED) is 0.0524. The highest BCUT2D eigenvalue weighted by Crippen LogP contribution is 2.44. The van der Waals surface area contributed by atoms with Crippen LogP contribution in [0, 0.1) is 41.5 Å². The van der Waals surface area contributed by atoms with Crippen molar-refractivity contribution in [1.29, 1.82) is 0 Å². The molecule has 6 aromatic carbocycles. The molecule has 0 unspecified atom stereocenters. The number of aryl methyl sites for hydroxylation is 4. The van der Waals surface area contributed by atoms with Gasteiger partial charge in [-0.3, -0.25) is 18.7 Å². The van der Waals surface area contributed by atoms with Crippen LogP contribution in [0.3, 0.4) is 0 Å². The first-order chi connectivity index (χ1) is 32.6. The first-order valence-electron chi connectivity index (χ1n) is 21.2. The highest BCUT2D eigenvalue weighted by molar-refractivity contribution is 7.86. The fourth-order valence-electron chi connectivity index (χ4n) is 8.59. The Hall–Kier alpha value is -7.96. The molecule has 0 saturated heterocycles. The molecule has 0 spiro atoms. The van der Waals surface area contributed by atoms with Crippen LogP contribution in [0.4, 0.5) is 28.4 Å². The van der Waals surface area contributed by atoms with Gasteiger partial charge in [-0.05, 0) is 130 Å². The predicted molar refractivity (Wildman–Crippen MR) is 263 cm³/mol. The first kappa shape index (κ1) is 47.5. The Morgan fingerprint density at radius 3 is 1.80 bits per heavy atom. The molecular formula is C52H44N4O11S2. The number of carboxylic acid groups (broad SMARTS) is 1. The molecule has 8 rings (SSSR count). The number of carbonyl (C=O) groups is 3. The minimum absolute atomic E-state index is 0.000932. The Labute approximate surface area is 397 Å². The topological polar surface area (TPSA) is 242 Å². The highest BCUT2D eigenvalue weighted by Gasteiger charge is 2.27. The summed E-state index contributed by atoms with van der Waals surface area (Å²) < 4.78 is 80.3. The third-order valence-electron chi connectivity index (χ3n) is 11.8. The summed E-state index contributed by atoms with van der Waals surface area (Å²) in [5.74, 6) is -2.09. The number of fused-ring (bicyclic) bond motifs is 2. The molecule has 0 radical (unpaired) electrons. The molecule has 17 heteroatoms. The number of nitrogens with one attached hydrogen (secondary N) is 3. The number of carboxylic acids is 1. The molecule has 0 saturated carbocycles. The third kappa shape index (κ3) is 9.48. The van der Waals surface area contributed by atoms with Gasteiger partial charge in [-0.1, -0.05) is 54.6 Å². The van der Waals surface area contributed by atoms with Crippen molar-refractivity contribution >= 4 is 77.4 Å². The predicted octanol–water partition coefficient (Wildman–Crippen LogP) is 10.7. The van der Waals surface area contributed by atoms with Gasteiger partial charge < -0.3 is 25.5 Å². The van der Waals surface area contributed by atoms with Crippen LogP contribution < -0.4 is 21.3 Å². The van der Waals surface area contributed by atoms with E-state index in [1.54, 1.807) is 75.4 Å². The van der Waals surface area contributed by atoms with Crippen molar-refractivity contribution in [2.45, 2.75) is 51.3 Å². The third-order valence-corrected chi connectivity index (χ3v) is 13.6. The molecule has 1 heterocycles. The second-order valence-corrected chi connectivity index (χ2v) is 19.4. The van der Waals surface area contributed by atoms with E-state index in [1.165, 1.54) is 48.5 Å². The molecule has 15 nitrogen and oxygen atoms in total. The van der Waals surface area contributed by atoms with Gasteiger partial charge in [-0.2, -0.15) is 16.8 Å². The van der Waals surface area contributed by atoms with Crippen molar-refractivity contribution in [3.8, 4) is 22.5 Å². The Morgan fingerprint density at radius 2 is 1.13 bits per heavy atom. The van der Waals surface area contributed by atoms with E-state index >= 15 is 0 Å². The largest absolute Gasteiger partial charge is 0.478 e. The van der Waals surface area contributed by atoms with Gasteiger partial charge in [0.05, 0.1) is 16.6 Å². The van der Waals surface area contributed by atoms with E-state index in [0.717, 1.165) is 22.8 Å². The zero-order valence-electron chi connectivity index (χ0n) is 37.9. The van der Waals surface area contributed by atoms with Crippen LogP contribution in [-0.2, 0) is 20.2 Å². The molecule has 0 aromatic heterocycles. The number of carbonyl (C=O) groups excluding carboxylic acids is 2. The molecule has 6 N–H and O–H groups in total. The minimum Gasteiger partial charge on any atom is -0.478 e. The lowest BCUT2D eigenvalue weighted by molar-refractivity contribution is 0.0696. The van der Waals surface area contributed by atoms with Gasteiger partial charge in [-0.25, -0.2) is 9.79 Å². The monoisotopic (exact) mass is 964 g/mol. The second kappa shape index (κ2) is 18.3. The van der Waals surface area contributed by atoms with Crippen LogP contribution in [0.25, 0.3) is 33.4 Å². The normalized spacial score (nSPS) is 12.0. The number of hydrogen-bond donors (Lipinski definition) is 6. The maximum atomic E-state index is 13.5. The zero-order chi connectivity index (χ0) is 49.7. The maximum absolute atomic E-state index is 13.5. The molecule has 0 fully saturated rings. The number of aromatic carboxylic acids is 1. The molecule has 69 heavy (non-hydrogen) atoms. The van der Waals surface area contributed by atoms with Crippen LogP contribution in [0.1, 0.15) is 64.5 Å². The van der Waals surface area contributed by atoms with Crippen LogP contribution >= 0.6 is 0 Å². The number of benzene rings is 7. The van der Waals surface area contributed by atoms with E-state index in [9.17, 15) is 45.4 Å². The summed E-state index contributed by atoms with van der Waals surface area (Å²) in [6.07, 6.45) is 0. The van der Waals surface area contributed by atoms with Crippen molar-refractivity contribution < 1.29 is 49.8 Å². The van der Waals surface area contributed by atoms with Crippen LogP contribution in [-0.4, -0.2) is 48.8 Å². The van der Waals surface area contributed by atoms with Crippen molar-refractivity contribution in [3.05, 3.63) is 177 Å². The molecule has 0 atom stereocenters. The first-order valence-corrected chi connectivity index (χ1v) is 24.1. The van der Waals surface area contributed by atoms with Gasteiger partial charge >= 0.3 is 5.97 Å². The van der Waals surface area contributed by atoms with E-state index in [1.807, 2.05) is 32.9 Å². The fraction of sp³-hybridized carbons (Fsp3) is 0.115. The molecular weight excluding hydrogens is 921 g/mol. The average Bonchev–Trinajstić information content (AvgIpc) is 3.30. The minimum atomic E-state index is -5.08. The molecule has 2 aliphatic rings. The van der Waals surface area contributed by atoms with Crippen molar-refractivity contribution in [1.82, 2.24) is 0 Å². The van der Waals surface area contributed by atoms with Gasteiger partial charge in [0, 0.05) is 68.1 Å². The lowest BCUT2D eigenvalue weighted by Crippen LogP contribution is -2.17. The van der Waals surface area contributed by atoms with E-state index in [0.29, 0.717) is 50.4 Å². The molecule has 1 aliphatic carbocycles. The van der Waals surface area contributed by atoms with Crippen LogP contribution in [0.5, 0.6) is 0 Å². The molecule has 6 aromatic rings. The van der Waals surface area contributed by atoms with E-state index in [2.05, 4.69) is 16.0 Å². The van der Waals surface area contributed by atoms with E-state index in [4.69, 9.17) is 9.41 Å². The summed E-state index contributed by atoms with van der Waals surface area (Å²) >= 11 is 0. The zero-order valence-corrected chi connectivity index (χ0v) is 39.6. The maximum Gasteiger partial charge on any atom is 0.335 e. The Bertz CT molecular complexity index is 3740. The lowest BCUT2D eigenvalue weighted by Gasteiger charge is -2.21. The summed E-state index contributed by atoms with van der Waals surface area (Å²) in [7, 11) is -9.95. The second-order valence-electron chi connectivity index (χ2n) is 16.6. The average molecular weight is 965 g/mol. The van der Waals surface area contributed by atoms with Gasteiger partial charge in [0.1, 0.15) is 21.1 Å². The number of anilines is 4. The molecule has 350 valence electrons. The number of nitrogens with zero attached hydrogens (tertiary/aromatic N) is 1. The summed E-state index contributed by atoms with van der Waals surface area (Å²) in [6.45, 7) is 10.8. The molecule has 0 bridgehead atoms. The van der Waals surface area contributed by atoms with Crippen molar-refractivity contribution in [2.24, 2.45) is 4.99 Å². The summed E-state index contributed by atoms with van der Waals surface area (Å²) in [6, 6.07) is 31.0. The van der Waals surface area contributed by atoms with Gasteiger partial charge in [-0.15, -0.1) is 0 Å². The Kier molecular flexibility index (Phi) is 12.6. The van der Waals surface area contributed by atoms with Crippen LogP contribution in [0.15, 0.2) is 141 Å². The molecule has 2 amide bonds.